The van der Waals surface area contributed by atoms with Crippen molar-refractivity contribution in [1.29, 1.82) is 0 Å². The Kier molecular flexibility index (Phi) is 5.39. The molecular weight excluding hydrogens is 244 g/mol. The van der Waals surface area contributed by atoms with Crippen LogP contribution in [0.1, 0.15) is 71.1 Å². The van der Waals surface area contributed by atoms with Gasteiger partial charge < -0.3 is 5.32 Å². The fraction of sp³-hybridized carbons (Fsp3) is 1.00. The summed E-state index contributed by atoms with van der Waals surface area (Å²) in [7, 11) is 0. The summed E-state index contributed by atoms with van der Waals surface area (Å²) in [5.41, 5.74) is 0. The Morgan fingerprint density at radius 3 is 2.25 bits per heavy atom. The molecule has 3 aliphatic rings. The number of likely N-dealkylation sites (tertiary alicyclic amines) is 1. The van der Waals surface area contributed by atoms with E-state index in [4.69, 9.17) is 0 Å². The lowest BCUT2D eigenvalue weighted by Crippen LogP contribution is -2.50. The van der Waals surface area contributed by atoms with Gasteiger partial charge in [-0.15, -0.1) is 0 Å². The Bertz CT molecular complexity index is 275. The van der Waals surface area contributed by atoms with Crippen LogP contribution in [0.5, 0.6) is 0 Å². The van der Waals surface area contributed by atoms with E-state index in [1.165, 1.54) is 83.8 Å². The van der Waals surface area contributed by atoms with Gasteiger partial charge in [0.15, 0.2) is 0 Å². The number of hydrogen-bond donors (Lipinski definition) is 1. The lowest BCUT2D eigenvalue weighted by atomic mass is 9.91. The molecule has 20 heavy (non-hydrogen) atoms. The average Bonchev–Trinajstić information content (AvgIpc) is 2.98. The summed E-state index contributed by atoms with van der Waals surface area (Å²) in [5, 5.41) is 3.89. The molecule has 4 atom stereocenters. The second kappa shape index (κ2) is 7.26. The normalized spacial score (nSPS) is 39.5. The molecule has 0 aromatic rings. The van der Waals surface area contributed by atoms with Crippen molar-refractivity contribution in [3.63, 3.8) is 0 Å². The minimum absolute atomic E-state index is 0.772. The molecule has 0 amide bonds. The zero-order valence-electron chi connectivity index (χ0n) is 13.4. The molecular formula is C18H34N2. The summed E-state index contributed by atoms with van der Waals surface area (Å²) in [5.74, 6) is 2.10. The predicted molar refractivity (Wildman–Crippen MR) is 86.0 cm³/mol. The van der Waals surface area contributed by atoms with Crippen LogP contribution in [0.25, 0.3) is 0 Å². The number of nitrogens with zero attached hydrogens (tertiary/aromatic N) is 1. The molecule has 116 valence electrons. The third kappa shape index (κ3) is 3.39. The second-order valence-corrected chi connectivity index (χ2v) is 7.52. The number of hydrogen-bond acceptors (Lipinski definition) is 2. The van der Waals surface area contributed by atoms with Gasteiger partial charge in [0.05, 0.1) is 0 Å². The van der Waals surface area contributed by atoms with Gasteiger partial charge in [0.1, 0.15) is 0 Å². The summed E-state index contributed by atoms with van der Waals surface area (Å²) in [6.45, 7) is 6.34. The molecule has 1 heterocycles. The van der Waals surface area contributed by atoms with Crippen molar-refractivity contribution in [3.8, 4) is 0 Å². The highest BCUT2D eigenvalue weighted by Crippen LogP contribution is 2.39. The van der Waals surface area contributed by atoms with Gasteiger partial charge in [-0.3, -0.25) is 4.90 Å². The topological polar surface area (TPSA) is 15.3 Å². The standard InChI is InChI=1S/C18H34N2/c1-2-12-19-17-10-5-3-4-6-11-18(17)20-13-15-8-7-9-16(15)14-20/h15-19H,2-14H2,1H3. The van der Waals surface area contributed by atoms with E-state index in [-0.39, 0.29) is 0 Å². The van der Waals surface area contributed by atoms with E-state index in [1.807, 2.05) is 0 Å². The van der Waals surface area contributed by atoms with Gasteiger partial charge in [0.25, 0.3) is 0 Å². The van der Waals surface area contributed by atoms with Crippen LogP contribution in [0.15, 0.2) is 0 Å². The second-order valence-electron chi connectivity index (χ2n) is 7.52. The van der Waals surface area contributed by atoms with Crippen molar-refractivity contribution in [2.24, 2.45) is 11.8 Å². The molecule has 0 spiro atoms. The molecule has 0 radical (unpaired) electrons. The van der Waals surface area contributed by atoms with E-state index in [1.54, 1.807) is 0 Å². The monoisotopic (exact) mass is 278 g/mol. The third-order valence-electron chi connectivity index (χ3n) is 6.11. The largest absolute Gasteiger partial charge is 0.312 e. The summed E-state index contributed by atoms with van der Waals surface area (Å²) in [6, 6.07) is 1.61. The van der Waals surface area contributed by atoms with E-state index in [9.17, 15) is 0 Å². The van der Waals surface area contributed by atoms with Crippen molar-refractivity contribution >= 4 is 0 Å². The quantitative estimate of drug-likeness (QED) is 0.841. The van der Waals surface area contributed by atoms with Crippen LogP contribution >= 0.6 is 0 Å². The van der Waals surface area contributed by atoms with Crippen LogP contribution in [0.2, 0.25) is 0 Å². The Labute approximate surface area is 125 Å². The summed E-state index contributed by atoms with van der Waals surface area (Å²) in [4.78, 5) is 2.90. The van der Waals surface area contributed by atoms with Crippen LogP contribution < -0.4 is 5.32 Å². The first-order chi connectivity index (χ1) is 9.88. The smallest absolute Gasteiger partial charge is 0.0249 e. The average molecular weight is 278 g/mol. The van der Waals surface area contributed by atoms with Crippen molar-refractivity contribution in [1.82, 2.24) is 10.2 Å². The highest BCUT2D eigenvalue weighted by Gasteiger charge is 2.40. The fourth-order valence-corrected chi connectivity index (χ4v) is 5.01. The molecule has 2 nitrogen and oxygen atoms in total. The van der Waals surface area contributed by atoms with Gasteiger partial charge in [-0.05, 0) is 50.5 Å². The first kappa shape index (κ1) is 14.8. The summed E-state index contributed by atoms with van der Waals surface area (Å²) >= 11 is 0. The van der Waals surface area contributed by atoms with Crippen molar-refractivity contribution in [2.45, 2.75) is 83.2 Å². The lowest BCUT2D eigenvalue weighted by Gasteiger charge is -2.37. The zero-order valence-corrected chi connectivity index (χ0v) is 13.4. The van der Waals surface area contributed by atoms with Crippen LogP contribution in [0, 0.1) is 11.8 Å². The molecule has 0 aromatic heterocycles. The minimum atomic E-state index is 0.772. The third-order valence-corrected chi connectivity index (χ3v) is 6.11. The molecule has 1 saturated heterocycles. The molecule has 1 N–H and O–H groups in total. The highest BCUT2D eigenvalue weighted by molar-refractivity contribution is 4.95. The molecule has 2 saturated carbocycles. The van der Waals surface area contributed by atoms with E-state index in [0.717, 1.165) is 23.9 Å². The summed E-state index contributed by atoms with van der Waals surface area (Å²) < 4.78 is 0. The molecule has 2 aliphatic carbocycles. The maximum absolute atomic E-state index is 3.89. The molecule has 0 aromatic carbocycles. The van der Waals surface area contributed by atoms with Gasteiger partial charge >= 0.3 is 0 Å². The van der Waals surface area contributed by atoms with Crippen molar-refractivity contribution in [3.05, 3.63) is 0 Å². The van der Waals surface area contributed by atoms with E-state index in [2.05, 4.69) is 17.1 Å². The van der Waals surface area contributed by atoms with E-state index >= 15 is 0 Å². The molecule has 2 heteroatoms. The van der Waals surface area contributed by atoms with Crippen molar-refractivity contribution < 1.29 is 0 Å². The maximum Gasteiger partial charge on any atom is 0.0249 e. The summed E-state index contributed by atoms with van der Waals surface area (Å²) in [6.07, 6.45) is 14.5. The molecule has 0 bridgehead atoms. The van der Waals surface area contributed by atoms with E-state index < -0.39 is 0 Å². The van der Waals surface area contributed by atoms with Crippen LogP contribution in [-0.4, -0.2) is 36.6 Å². The molecule has 4 unspecified atom stereocenters. The Hall–Kier alpha value is -0.0800. The Morgan fingerprint density at radius 1 is 0.850 bits per heavy atom. The van der Waals surface area contributed by atoms with Gasteiger partial charge in [0, 0.05) is 25.2 Å². The Balaban J connectivity index is 1.62. The Morgan fingerprint density at radius 2 is 1.55 bits per heavy atom. The van der Waals surface area contributed by atoms with E-state index in [0.29, 0.717) is 0 Å². The first-order valence-electron chi connectivity index (χ1n) is 9.36. The highest BCUT2D eigenvalue weighted by atomic mass is 15.2. The lowest BCUT2D eigenvalue weighted by molar-refractivity contribution is 0.151. The molecule has 3 rings (SSSR count). The number of nitrogens with one attached hydrogen (secondary N) is 1. The molecule has 3 fully saturated rings. The predicted octanol–water partition coefficient (Wildman–Crippen LogP) is 3.81. The molecule has 1 aliphatic heterocycles. The van der Waals surface area contributed by atoms with Gasteiger partial charge in [0.2, 0.25) is 0 Å². The van der Waals surface area contributed by atoms with Crippen LogP contribution in [-0.2, 0) is 0 Å². The SMILES string of the molecule is CCCNC1CCCCCCC1N1CC2CCCC2C1. The maximum atomic E-state index is 3.89. The van der Waals surface area contributed by atoms with Gasteiger partial charge in [-0.25, -0.2) is 0 Å². The van der Waals surface area contributed by atoms with Gasteiger partial charge in [-0.2, -0.15) is 0 Å². The van der Waals surface area contributed by atoms with Crippen molar-refractivity contribution in [2.75, 3.05) is 19.6 Å². The van der Waals surface area contributed by atoms with Gasteiger partial charge in [-0.1, -0.05) is 39.0 Å². The first-order valence-corrected chi connectivity index (χ1v) is 9.36. The number of fused-ring (bicyclic) bond motifs is 1. The minimum Gasteiger partial charge on any atom is -0.312 e. The zero-order chi connectivity index (χ0) is 13.8. The van der Waals surface area contributed by atoms with Crippen LogP contribution in [0.3, 0.4) is 0 Å². The number of rotatable bonds is 4. The van der Waals surface area contributed by atoms with Crippen LogP contribution in [0.4, 0.5) is 0 Å². The fourth-order valence-electron chi connectivity index (χ4n) is 5.01.